The lowest BCUT2D eigenvalue weighted by molar-refractivity contribution is 0.164. The molecule has 4 nitrogen and oxygen atoms in total. The zero-order valence-electron chi connectivity index (χ0n) is 14.8. The third kappa shape index (κ3) is 5.44. The number of aliphatic hydroxyl groups is 1. The van der Waals surface area contributed by atoms with Crippen molar-refractivity contribution in [2.45, 2.75) is 37.8 Å². The van der Waals surface area contributed by atoms with Gasteiger partial charge in [-0.05, 0) is 54.3 Å². The molecule has 142 valence electrons. The fourth-order valence-corrected chi connectivity index (χ4v) is 4.62. The Labute approximate surface area is 165 Å². The van der Waals surface area contributed by atoms with Gasteiger partial charge in [-0.15, -0.1) is 0 Å². The van der Waals surface area contributed by atoms with E-state index in [0.29, 0.717) is 16.5 Å². The number of hydrogen-bond acceptors (Lipinski definition) is 3. The van der Waals surface area contributed by atoms with E-state index in [4.69, 9.17) is 23.2 Å². The molecule has 2 rings (SSSR count). The van der Waals surface area contributed by atoms with Crippen LogP contribution >= 0.6 is 23.2 Å². The van der Waals surface area contributed by atoms with Crippen LogP contribution in [-0.4, -0.2) is 30.5 Å². The van der Waals surface area contributed by atoms with Crippen molar-refractivity contribution in [1.29, 1.82) is 0 Å². The van der Waals surface area contributed by atoms with E-state index in [1.54, 1.807) is 36.4 Å². The largest absolute Gasteiger partial charge is 0.395 e. The van der Waals surface area contributed by atoms with Crippen LogP contribution in [0, 0.1) is 5.92 Å². The van der Waals surface area contributed by atoms with E-state index >= 15 is 0 Å². The van der Waals surface area contributed by atoms with Gasteiger partial charge in [0.25, 0.3) is 0 Å². The number of rotatable bonds is 8. The second kappa shape index (κ2) is 9.20. The minimum atomic E-state index is -3.80. The predicted octanol–water partition coefficient (Wildman–Crippen LogP) is 4.59. The van der Waals surface area contributed by atoms with Crippen LogP contribution in [-0.2, 0) is 16.6 Å². The van der Waals surface area contributed by atoms with Crippen LogP contribution in [0.4, 0.5) is 0 Å². The molecule has 2 aromatic rings. The van der Waals surface area contributed by atoms with Crippen molar-refractivity contribution in [2.75, 3.05) is 6.61 Å². The first-order chi connectivity index (χ1) is 12.2. The minimum Gasteiger partial charge on any atom is -0.395 e. The van der Waals surface area contributed by atoms with E-state index in [1.807, 2.05) is 13.8 Å². The number of halogens is 2. The smallest absolute Gasteiger partial charge is 0.243 e. The van der Waals surface area contributed by atoms with Gasteiger partial charge in [-0.1, -0.05) is 49.2 Å². The molecule has 0 saturated carbocycles. The highest BCUT2D eigenvalue weighted by molar-refractivity contribution is 7.89. The number of sulfonamides is 1. The number of nitrogens with zero attached hydrogens (tertiary/aromatic N) is 1. The second-order valence-corrected chi connectivity index (χ2v) is 9.36. The maximum absolute atomic E-state index is 13.2. The molecule has 0 spiro atoms. The van der Waals surface area contributed by atoms with Crippen molar-refractivity contribution >= 4 is 33.2 Å². The van der Waals surface area contributed by atoms with Crippen molar-refractivity contribution in [1.82, 2.24) is 4.31 Å². The fraction of sp³-hybridized carbons (Fsp3) is 0.368. The summed E-state index contributed by atoms with van der Waals surface area (Å²) in [7, 11) is -3.80. The van der Waals surface area contributed by atoms with Crippen molar-refractivity contribution in [3.63, 3.8) is 0 Å². The molecular formula is C19H23Cl2NO3S. The molecule has 7 heteroatoms. The Morgan fingerprint density at radius 3 is 1.92 bits per heavy atom. The monoisotopic (exact) mass is 415 g/mol. The average molecular weight is 416 g/mol. The molecule has 2 aromatic carbocycles. The molecule has 0 heterocycles. The SMILES string of the molecule is CC(C)CC(CO)N(Cc1ccc(Cl)cc1)S(=O)(=O)c1ccc(Cl)cc1. The lowest BCUT2D eigenvalue weighted by Gasteiger charge is -2.31. The van der Waals surface area contributed by atoms with E-state index in [0.717, 1.165) is 5.56 Å². The minimum absolute atomic E-state index is 0.151. The van der Waals surface area contributed by atoms with Gasteiger partial charge in [0.15, 0.2) is 0 Å². The first-order valence-corrected chi connectivity index (χ1v) is 10.6. The second-order valence-electron chi connectivity index (χ2n) is 6.60. The van der Waals surface area contributed by atoms with Gasteiger partial charge in [0.05, 0.1) is 11.5 Å². The molecule has 0 aliphatic heterocycles. The first kappa shape index (κ1) is 21.2. The van der Waals surface area contributed by atoms with Gasteiger partial charge in [0, 0.05) is 22.6 Å². The zero-order valence-corrected chi connectivity index (χ0v) is 17.1. The van der Waals surface area contributed by atoms with Gasteiger partial charge in [-0.2, -0.15) is 4.31 Å². The molecule has 0 aromatic heterocycles. The third-order valence-corrected chi connectivity index (χ3v) is 6.45. The van der Waals surface area contributed by atoms with E-state index in [9.17, 15) is 13.5 Å². The Hall–Kier alpha value is -1.11. The van der Waals surface area contributed by atoms with Gasteiger partial charge in [-0.3, -0.25) is 0 Å². The van der Waals surface area contributed by atoms with Crippen LogP contribution < -0.4 is 0 Å². The summed E-state index contributed by atoms with van der Waals surface area (Å²) in [6.45, 7) is 3.90. The maximum Gasteiger partial charge on any atom is 0.243 e. The predicted molar refractivity (Wildman–Crippen MR) is 106 cm³/mol. The summed E-state index contributed by atoms with van der Waals surface area (Å²) in [6.07, 6.45) is 0.552. The molecule has 0 saturated heterocycles. The van der Waals surface area contributed by atoms with Gasteiger partial charge < -0.3 is 5.11 Å². The zero-order chi connectivity index (χ0) is 19.3. The van der Waals surface area contributed by atoms with E-state index in [-0.39, 0.29) is 24.0 Å². The fourth-order valence-electron chi connectivity index (χ4n) is 2.75. The van der Waals surface area contributed by atoms with Crippen molar-refractivity contribution < 1.29 is 13.5 Å². The van der Waals surface area contributed by atoms with Crippen LogP contribution in [0.25, 0.3) is 0 Å². The Morgan fingerprint density at radius 2 is 1.46 bits per heavy atom. The molecule has 0 aliphatic carbocycles. The molecule has 0 radical (unpaired) electrons. The van der Waals surface area contributed by atoms with Gasteiger partial charge in [0.1, 0.15) is 0 Å². The Kier molecular flexibility index (Phi) is 7.50. The van der Waals surface area contributed by atoms with Crippen LogP contribution in [0.2, 0.25) is 10.0 Å². The van der Waals surface area contributed by atoms with Crippen LogP contribution in [0.15, 0.2) is 53.4 Å². The quantitative estimate of drug-likeness (QED) is 0.685. The van der Waals surface area contributed by atoms with Crippen LogP contribution in [0.3, 0.4) is 0 Å². The Bertz CT molecular complexity index is 806. The van der Waals surface area contributed by atoms with Gasteiger partial charge >= 0.3 is 0 Å². The highest BCUT2D eigenvalue weighted by atomic mass is 35.5. The third-order valence-electron chi connectivity index (χ3n) is 4.03. The topological polar surface area (TPSA) is 57.6 Å². The molecule has 0 fully saturated rings. The van der Waals surface area contributed by atoms with Gasteiger partial charge in [0.2, 0.25) is 10.0 Å². The molecule has 0 bridgehead atoms. The lowest BCUT2D eigenvalue weighted by Crippen LogP contribution is -2.42. The molecule has 0 amide bonds. The summed E-state index contributed by atoms with van der Waals surface area (Å²) < 4.78 is 27.8. The van der Waals surface area contributed by atoms with Crippen molar-refractivity contribution in [2.24, 2.45) is 5.92 Å². The summed E-state index contributed by atoms with van der Waals surface area (Å²) in [4.78, 5) is 0.151. The summed E-state index contributed by atoms with van der Waals surface area (Å²) in [5.41, 5.74) is 0.800. The average Bonchev–Trinajstić information content (AvgIpc) is 2.59. The van der Waals surface area contributed by atoms with E-state index < -0.39 is 16.1 Å². The maximum atomic E-state index is 13.2. The lowest BCUT2D eigenvalue weighted by atomic mass is 10.0. The molecule has 1 N–H and O–H groups in total. The summed E-state index contributed by atoms with van der Waals surface area (Å²) in [5, 5.41) is 10.9. The Balaban J connectivity index is 2.43. The van der Waals surface area contributed by atoms with E-state index in [2.05, 4.69) is 0 Å². The highest BCUT2D eigenvalue weighted by Gasteiger charge is 2.31. The van der Waals surface area contributed by atoms with Gasteiger partial charge in [-0.25, -0.2) is 8.42 Å². The Morgan fingerprint density at radius 1 is 0.962 bits per heavy atom. The standard InChI is InChI=1S/C19H23Cl2NO3S/c1-14(2)11-18(13-23)22(12-15-3-5-16(20)6-4-15)26(24,25)19-9-7-17(21)8-10-19/h3-10,14,18,23H,11-13H2,1-2H3. The van der Waals surface area contributed by atoms with Crippen LogP contribution in [0.5, 0.6) is 0 Å². The summed E-state index contributed by atoms with van der Waals surface area (Å²) in [6, 6.07) is 12.6. The number of hydrogen-bond donors (Lipinski definition) is 1. The van der Waals surface area contributed by atoms with Crippen molar-refractivity contribution in [3.8, 4) is 0 Å². The molecule has 1 unspecified atom stereocenters. The summed E-state index contributed by atoms with van der Waals surface area (Å²) in [5.74, 6) is 0.236. The first-order valence-electron chi connectivity index (χ1n) is 8.36. The molecule has 0 aliphatic rings. The molecule has 26 heavy (non-hydrogen) atoms. The normalized spacial score (nSPS) is 13.3. The number of aliphatic hydroxyl groups excluding tert-OH is 1. The number of benzene rings is 2. The van der Waals surface area contributed by atoms with Crippen molar-refractivity contribution in [3.05, 3.63) is 64.1 Å². The molecular weight excluding hydrogens is 393 g/mol. The van der Waals surface area contributed by atoms with E-state index in [1.165, 1.54) is 16.4 Å². The summed E-state index contributed by atoms with van der Waals surface area (Å²) >= 11 is 11.8. The highest BCUT2D eigenvalue weighted by Crippen LogP contribution is 2.25. The molecule has 1 atom stereocenters. The van der Waals surface area contributed by atoms with Crippen LogP contribution in [0.1, 0.15) is 25.8 Å².